The van der Waals surface area contributed by atoms with E-state index in [9.17, 15) is 41.0 Å². The molecule has 1 atom stereocenters. The lowest BCUT2D eigenvalue weighted by molar-refractivity contribution is -0.153. The van der Waals surface area contributed by atoms with Gasteiger partial charge in [-0.3, -0.25) is 9.59 Å². The number of hydrogen-bond acceptors (Lipinski definition) is 3. The molecule has 0 aromatic heterocycles. The van der Waals surface area contributed by atoms with Gasteiger partial charge in [0.2, 0.25) is 0 Å². The van der Waals surface area contributed by atoms with E-state index in [2.05, 4.69) is 0 Å². The third-order valence-corrected chi connectivity index (χ3v) is 6.82. The Balaban J connectivity index is 1.80. The number of Topliss-reactive ketones (excluding diaryl/α,β-unsaturated/α-hetero) is 1. The lowest BCUT2D eigenvalue weighted by Gasteiger charge is -2.45. The average molecular weight is 485 g/mol. The molecule has 1 saturated heterocycles. The van der Waals surface area contributed by atoms with Crippen molar-refractivity contribution in [1.82, 2.24) is 4.90 Å². The summed E-state index contributed by atoms with van der Waals surface area (Å²) in [5.74, 6) is -0.973. The van der Waals surface area contributed by atoms with Gasteiger partial charge in [0.25, 0.3) is 5.91 Å². The molecule has 1 heterocycles. The number of aliphatic hydroxyl groups is 1. The summed E-state index contributed by atoms with van der Waals surface area (Å²) in [7, 11) is 0. The molecular formula is C24H21F6NO3. The normalized spacial score (nSPS) is 23.4. The van der Waals surface area contributed by atoms with Crippen molar-refractivity contribution in [3.05, 3.63) is 70.8 Å². The highest BCUT2D eigenvalue weighted by Gasteiger charge is 2.55. The minimum atomic E-state index is -5.11. The molecule has 2 aromatic rings. The van der Waals surface area contributed by atoms with E-state index in [1.807, 2.05) is 0 Å². The summed E-state index contributed by atoms with van der Waals surface area (Å²) in [5, 5.41) is 11.2. The number of hydrogen-bond donors (Lipinski definition) is 1. The van der Waals surface area contributed by atoms with Crippen molar-refractivity contribution in [3.8, 4) is 0 Å². The Hall–Kier alpha value is -2.88. The largest absolute Gasteiger partial charge is 0.416 e. The molecule has 1 N–H and O–H groups in total. The van der Waals surface area contributed by atoms with E-state index < -0.39 is 46.1 Å². The zero-order valence-corrected chi connectivity index (χ0v) is 17.8. The molecule has 1 aliphatic carbocycles. The summed E-state index contributed by atoms with van der Waals surface area (Å²) in [6, 6.07) is 9.51. The number of alkyl halides is 6. The van der Waals surface area contributed by atoms with Crippen LogP contribution < -0.4 is 0 Å². The standard InChI is InChI=1S/C24H21F6NO3/c25-23(26,27)17-12-16(13-18(14-17)24(28,29)30)22(34)10-11-31(20(22)33)21(8-6-19(32)7-9-21)15-4-2-1-3-5-15/h1-5,12-14,34H,6-11H2/t22-/m0/s1. The number of carbonyl (C=O) groups excluding carboxylic acids is 2. The van der Waals surface area contributed by atoms with Gasteiger partial charge in [-0.05, 0) is 42.2 Å². The quantitative estimate of drug-likeness (QED) is 0.610. The van der Waals surface area contributed by atoms with Gasteiger partial charge in [-0.2, -0.15) is 26.3 Å². The number of carbonyl (C=O) groups is 2. The number of benzene rings is 2. The number of ketones is 1. The van der Waals surface area contributed by atoms with Crippen LogP contribution in [0.4, 0.5) is 26.3 Å². The molecule has 4 rings (SSSR count). The predicted octanol–water partition coefficient (Wildman–Crippen LogP) is 5.18. The Kier molecular flexibility index (Phi) is 5.78. The van der Waals surface area contributed by atoms with Crippen LogP contribution in [0.15, 0.2) is 48.5 Å². The molecule has 1 aliphatic heterocycles. The number of halogens is 6. The minimum absolute atomic E-state index is 0.00108. The smallest absolute Gasteiger partial charge is 0.375 e. The van der Waals surface area contributed by atoms with Crippen molar-refractivity contribution in [2.24, 2.45) is 0 Å². The van der Waals surface area contributed by atoms with Gasteiger partial charge in [-0.15, -0.1) is 0 Å². The Labute approximate surface area is 191 Å². The van der Waals surface area contributed by atoms with Crippen molar-refractivity contribution in [1.29, 1.82) is 0 Å². The molecule has 2 aromatic carbocycles. The lowest BCUT2D eigenvalue weighted by atomic mass is 9.74. The monoisotopic (exact) mass is 485 g/mol. The number of likely N-dealkylation sites (tertiary alicyclic amines) is 1. The first-order valence-corrected chi connectivity index (χ1v) is 10.7. The van der Waals surface area contributed by atoms with Crippen LogP contribution in [0, 0.1) is 0 Å². The third kappa shape index (κ3) is 4.08. The van der Waals surface area contributed by atoms with Crippen molar-refractivity contribution in [3.63, 3.8) is 0 Å². The number of nitrogens with zero attached hydrogens (tertiary/aromatic N) is 1. The first-order valence-electron chi connectivity index (χ1n) is 10.7. The molecule has 0 unspecified atom stereocenters. The van der Waals surface area contributed by atoms with Gasteiger partial charge in [0.15, 0.2) is 5.60 Å². The van der Waals surface area contributed by atoms with Crippen molar-refractivity contribution in [2.45, 2.75) is 55.6 Å². The Morgan fingerprint density at radius 1 is 0.765 bits per heavy atom. The zero-order chi connectivity index (χ0) is 24.9. The topological polar surface area (TPSA) is 57.6 Å². The highest BCUT2D eigenvalue weighted by atomic mass is 19.4. The second-order valence-electron chi connectivity index (χ2n) is 8.80. The van der Waals surface area contributed by atoms with Gasteiger partial charge >= 0.3 is 12.4 Å². The predicted molar refractivity (Wildman–Crippen MR) is 108 cm³/mol. The van der Waals surface area contributed by atoms with Gasteiger partial charge in [-0.1, -0.05) is 30.3 Å². The first-order chi connectivity index (χ1) is 15.8. The number of rotatable bonds is 3. The molecular weight excluding hydrogens is 464 g/mol. The van der Waals surface area contributed by atoms with Crippen LogP contribution >= 0.6 is 0 Å². The van der Waals surface area contributed by atoms with Crippen LogP contribution in [-0.2, 0) is 33.1 Å². The molecule has 0 bridgehead atoms. The van der Waals surface area contributed by atoms with E-state index in [0.29, 0.717) is 17.7 Å². The van der Waals surface area contributed by atoms with E-state index >= 15 is 0 Å². The number of amides is 1. The van der Waals surface area contributed by atoms with Crippen LogP contribution in [0.2, 0.25) is 0 Å². The second kappa shape index (κ2) is 8.11. The van der Waals surface area contributed by atoms with Crippen LogP contribution in [0.5, 0.6) is 0 Å². The Bertz CT molecular complexity index is 1070. The van der Waals surface area contributed by atoms with E-state index in [4.69, 9.17) is 0 Å². The minimum Gasteiger partial charge on any atom is -0.375 e. The van der Waals surface area contributed by atoms with Crippen molar-refractivity contribution < 1.29 is 41.0 Å². The molecule has 4 nitrogen and oxygen atoms in total. The molecule has 2 fully saturated rings. The summed E-state index contributed by atoms with van der Waals surface area (Å²) in [6.07, 6.45) is -9.78. The van der Waals surface area contributed by atoms with Gasteiger partial charge in [0, 0.05) is 25.8 Å². The van der Waals surface area contributed by atoms with Crippen LogP contribution in [0.3, 0.4) is 0 Å². The molecule has 1 saturated carbocycles. The molecule has 0 spiro atoms. The SMILES string of the molecule is O=C1CCC(c2ccccc2)(N2CC[C@](O)(c3cc(C(F)(F)F)cc(C(F)(F)F)c3)C2=O)CC1. The van der Waals surface area contributed by atoms with E-state index in [1.54, 1.807) is 30.3 Å². The Morgan fingerprint density at radius 2 is 1.29 bits per heavy atom. The highest BCUT2D eigenvalue weighted by molar-refractivity contribution is 5.90. The van der Waals surface area contributed by atoms with E-state index in [-0.39, 0.29) is 50.5 Å². The fraction of sp³-hybridized carbons (Fsp3) is 0.417. The van der Waals surface area contributed by atoms with Gasteiger partial charge in [0.1, 0.15) is 5.78 Å². The summed E-state index contributed by atoms with van der Waals surface area (Å²) >= 11 is 0. The summed E-state index contributed by atoms with van der Waals surface area (Å²) in [6.45, 7) is -0.0873. The summed E-state index contributed by atoms with van der Waals surface area (Å²) < 4.78 is 80.1. The van der Waals surface area contributed by atoms with Gasteiger partial charge < -0.3 is 10.0 Å². The maximum Gasteiger partial charge on any atom is 0.416 e. The highest BCUT2D eigenvalue weighted by Crippen LogP contribution is 2.48. The maximum atomic E-state index is 13.5. The van der Waals surface area contributed by atoms with E-state index in [0.717, 1.165) is 0 Å². The van der Waals surface area contributed by atoms with E-state index in [1.165, 1.54) is 4.90 Å². The molecule has 34 heavy (non-hydrogen) atoms. The lowest BCUT2D eigenvalue weighted by Crippen LogP contribution is -2.52. The third-order valence-electron chi connectivity index (χ3n) is 6.82. The summed E-state index contributed by atoms with van der Waals surface area (Å²) in [4.78, 5) is 26.8. The van der Waals surface area contributed by atoms with Crippen LogP contribution in [0.25, 0.3) is 0 Å². The summed E-state index contributed by atoms with van der Waals surface area (Å²) in [5.41, 5.74) is -6.82. The first kappa shape index (κ1) is 24.3. The molecule has 0 radical (unpaired) electrons. The molecule has 182 valence electrons. The van der Waals surface area contributed by atoms with Gasteiger partial charge in [0.05, 0.1) is 16.7 Å². The maximum absolute atomic E-state index is 13.5. The van der Waals surface area contributed by atoms with Crippen molar-refractivity contribution >= 4 is 11.7 Å². The van der Waals surface area contributed by atoms with Crippen molar-refractivity contribution in [2.75, 3.05) is 6.54 Å². The van der Waals surface area contributed by atoms with Crippen LogP contribution in [0.1, 0.15) is 54.4 Å². The fourth-order valence-electron chi connectivity index (χ4n) is 4.98. The van der Waals surface area contributed by atoms with Crippen LogP contribution in [-0.4, -0.2) is 28.2 Å². The average Bonchev–Trinajstić information content (AvgIpc) is 3.10. The molecule has 10 heteroatoms. The zero-order valence-electron chi connectivity index (χ0n) is 17.8. The second-order valence-corrected chi connectivity index (χ2v) is 8.80. The molecule has 1 amide bonds. The molecule has 2 aliphatic rings. The van der Waals surface area contributed by atoms with Gasteiger partial charge in [-0.25, -0.2) is 0 Å². The fourth-order valence-corrected chi connectivity index (χ4v) is 4.98. The Morgan fingerprint density at radius 3 is 1.79 bits per heavy atom.